The molecule has 0 aliphatic rings. The van der Waals surface area contributed by atoms with Crippen molar-refractivity contribution >= 4 is 16.7 Å². The number of fused-ring (bicyclic) bond motifs is 1. The van der Waals surface area contributed by atoms with Crippen molar-refractivity contribution in [3.05, 3.63) is 78.5 Å². The molecule has 5 heteroatoms. The third-order valence-electron chi connectivity index (χ3n) is 4.53. The van der Waals surface area contributed by atoms with Crippen molar-refractivity contribution in [3.8, 4) is 22.7 Å². The topological polar surface area (TPSA) is 56.2 Å². The number of hydrogen-bond donors (Lipinski definition) is 1. The number of carbonyl (C=O) groups is 1. The molecule has 3 aromatic carbocycles. The van der Waals surface area contributed by atoms with Gasteiger partial charge in [-0.25, -0.2) is 4.68 Å². The van der Waals surface area contributed by atoms with E-state index in [1.165, 1.54) is 0 Å². The molecular formula is C22H19N3O2. The average Bonchev–Trinajstić information content (AvgIpc) is 3.18. The number of para-hydroxylation sites is 1. The van der Waals surface area contributed by atoms with Crippen LogP contribution in [0.4, 0.5) is 0 Å². The Morgan fingerprint density at radius 2 is 1.78 bits per heavy atom. The Morgan fingerprint density at radius 1 is 1.00 bits per heavy atom. The molecule has 1 aromatic heterocycles. The van der Waals surface area contributed by atoms with Gasteiger partial charge in [-0.1, -0.05) is 36.4 Å². The van der Waals surface area contributed by atoms with E-state index in [0.717, 1.165) is 27.8 Å². The Kier molecular flexibility index (Phi) is 4.34. The van der Waals surface area contributed by atoms with E-state index in [2.05, 4.69) is 5.32 Å². The van der Waals surface area contributed by atoms with E-state index >= 15 is 0 Å². The molecule has 134 valence electrons. The molecule has 1 heterocycles. The number of amides is 1. The summed E-state index contributed by atoms with van der Waals surface area (Å²) in [6.07, 6.45) is 1.76. The molecule has 0 spiro atoms. The van der Waals surface area contributed by atoms with Crippen LogP contribution in [0.1, 0.15) is 10.4 Å². The number of benzene rings is 3. The van der Waals surface area contributed by atoms with Crippen LogP contribution in [0.15, 0.2) is 72.9 Å². The zero-order valence-corrected chi connectivity index (χ0v) is 15.1. The fraction of sp³-hybridized carbons (Fsp3) is 0.0909. The highest BCUT2D eigenvalue weighted by molar-refractivity contribution is 6.00. The quantitative estimate of drug-likeness (QED) is 0.599. The molecule has 0 aliphatic carbocycles. The number of nitrogens with zero attached hydrogens (tertiary/aromatic N) is 2. The molecule has 0 aliphatic heterocycles. The van der Waals surface area contributed by atoms with Crippen LogP contribution in [0, 0.1) is 0 Å². The van der Waals surface area contributed by atoms with Crippen molar-refractivity contribution in [2.45, 2.75) is 0 Å². The summed E-state index contributed by atoms with van der Waals surface area (Å²) in [6.45, 7) is 0. The van der Waals surface area contributed by atoms with Gasteiger partial charge in [-0.15, -0.1) is 0 Å². The molecular weight excluding hydrogens is 338 g/mol. The molecule has 4 aromatic rings. The lowest BCUT2D eigenvalue weighted by atomic mass is 10.0. The third-order valence-corrected chi connectivity index (χ3v) is 4.53. The van der Waals surface area contributed by atoms with E-state index in [1.807, 2.05) is 66.7 Å². The summed E-state index contributed by atoms with van der Waals surface area (Å²) in [5.74, 6) is 0.624. The molecule has 0 atom stereocenters. The summed E-state index contributed by atoms with van der Waals surface area (Å²) >= 11 is 0. The number of rotatable bonds is 4. The van der Waals surface area contributed by atoms with E-state index in [9.17, 15) is 4.79 Å². The highest BCUT2D eigenvalue weighted by Crippen LogP contribution is 2.29. The van der Waals surface area contributed by atoms with Crippen LogP contribution < -0.4 is 10.1 Å². The van der Waals surface area contributed by atoms with Gasteiger partial charge in [0.1, 0.15) is 11.4 Å². The van der Waals surface area contributed by atoms with E-state index < -0.39 is 0 Å². The maximum absolute atomic E-state index is 12.4. The Hall–Kier alpha value is -3.60. The van der Waals surface area contributed by atoms with Gasteiger partial charge in [-0.3, -0.25) is 4.79 Å². The first-order valence-corrected chi connectivity index (χ1v) is 8.65. The van der Waals surface area contributed by atoms with E-state index in [-0.39, 0.29) is 5.91 Å². The molecule has 0 saturated heterocycles. The van der Waals surface area contributed by atoms with Crippen LogP contribution >= 0.6 is 0 Å². The van der Waals surface area contributed by atoms with Crippen molar-refractivity contribution < 1.29 is 9.53 Å². The lowest BCUT2D eigenvalue weighted by molar-refractivity contribution is 0.0963. The first-order valence-electron chi connectivity index (χ1n) is 8.65. The average molecular weight is 357 g/mol. The zero-order valence-electron chi connectivity index (χ0n) is 15.1. The molecule has 4 rings (SSSR count). The number of nitrogens with one attached hydrogen (secondary N) is 1. The van der Waals surface area contributed by atoms with Crippen molar-refractivity contribution in [2.24, 2.45) is 0 Å². The molecule has 0 saturated carbocycles. The first-order chi connectivity index (χ1) is 13.2. The minimum atomic E-state index is -0.169. The van der Waals surface area contributed by atoms with Crippen molar-refractivity contribution in [1.82, 2.24) is 15.1 Å². The second-order valence-electron chi connectivity index (χ2n) is 6.18. The SMILES string of the molecule is CNC(=O)c1cn(-c2ccccc2)nc1-c1ccc2ccc(OC)cc2c1. The number of ether oxygens (including phenoxy) is 1. The second-order valence-corrected chi connectivity index (χ2v) is 6.18. The van der Waals surface area contributed by atoms with Gasteiger partial charge in [0.25, 0.3) is 5.91 Å². The molecule has 1 N–H and O–H groups in total. The fourth-order valence-electron chi connectivity index (χ4n) is 3.10. The number of methoxy groups -OCH3 is 1. The van der Waals surface area contributed by atoms with Gasteiger partial charge in [0.05, 0.1) is 18.4 Å². The van der Waals surface area contributed by atoms with Gasteiger partial charge in [0, 0.05) is 18.8 Å². The van der Waals surface area contributed by atoms with Gasteiger partial charge in [-0.2, -0.15) is 5.10 Å². The number of hydrogen-bond acceptors (Lipinski definition) is 3. The maximum Gasteiger partial charge on any atom is 0.254 e. The Morgan fingerprint density at radius 3 is 2.52 bits per heavy atom. The van der Waals surface area contributed by atoms with Crippen molar-refractivity contribution in [2.75, 3.05) is 14.2 Å². The normalized spacial score (nSPS) is 10.7. The zero-order chi connectivity index (χ0) is 18.8. The van der Waals surface area contributed by atoms with Crippen LogP contribution in [0.25, 0.3) is 27.7 Å². The molecule has 0 unspecified atom stereocenters. The molecule has 0 bridgehead atoms. The predicted molar refractivity (Wildman–Crippen MR) is 106 cm³/mol. The van der Waals surface area contributed by atoms with E-state index in [1.54, 1.807) is 25.0 Å². The lowest BCUT2D eigenvalue weighted by Gasteiger charge is -2.06. The summed E-state index contributed by atoms with van der Waals surface area (Å²) in [7, 11) is 3.27. The van der Waals surface area contributed by atoms with Crippen LogP contribution in [0.5, 0.6) is 5.75 Å². The Bertz CT molecular complexity index is 1120. The summed E-state index contributed by atoms with van der Waals surface area (Å²) in [5.41, 5.74) is 2.95. The highest BCUT2D eigenvalue weighted by Gasteiger charge is 2.18. The van der Waals surface area contributed by atoms with Gasteiger partial charge in [0.2, 0.25) is 0 Å². The first kappa shape index (κ1) is 16.8. The second kappa shape index (κ2) is 6.96. The summed E-state index contributed by atoms with van der Waals surface area (Å²) < 4.78 is 7.06. The van der Waals surface area contributed by atoms with Crippen LogP contribution in [-0.4, -0.2) is 29.8 Å². The van der Waals surface area contributed by atoms with Gasteiger partial charge in [0.15, 0.2) is 0 Å². The van der Waals surface area contributed by atoms with Crippen molar-refractivity contribution in [3.63, 3.8) is 0 Å². The monoisotopic (exact) mass is 357 g/mol. The minimum absolute atomic E-state index is 0.169. The molecule has 1 amide bonds. The molecule has 27 heavy (non-hydrogen) atoms. The predicted octanol–water partition coefficient (Wildman–Crippen LogP) is 4.06. The van der Waals surface area contributed by atoms with Crippen LogP contribution in [0.2, 0.25) is 0 Å². The third kappa shape index (κ3) is 3.15. The van der Waals surface area contributed by atoms with Gasteiger partial charge >= 0.3 is 0 Å². The van der Waals surface area contributed by atoms with Gasteiger partial charge < -0.3 is 10.1 Å². The summed E-state index contributed by atoms with van der Waals surface area (Å²) in [5, 5.41) is 9.53. The largest absolute Gasteiger partial charge is 0.497 e. The standard InChI is InChI=1S/C22H19N3O2/c1-23-22(26)20-14-25(18-6-4-3-5-7-18)24-21(20)16-9-8-15-10-11-19(27-2)13-17(15)12-16/h3-14H,1-2H3,(H,23,26). The molecule has 0 radical (unpaired) electrons. The number of aromatic nitrogens is 2. The number of carbonyl (C=O) groups excluding carboxylic acids is 1. The summed E-state index contributed by atoms with van der Waals surface area (Å²) in [4.78, 5) is 12.4. The minimum Gasteiger partial charge on any atom is -0.497 e. The Balaban J connectivity index is 1.88. The van der Waals surface area contributed by atoms with Crippen LogP contribution in [0.3, 0.4) is 0 Å². The van der Waals surface area contributed by atoms with Crippen LogP contribution in [-0.2, 0) is 0 Å². The molecule has 0 fully saturated rings. The smallest absolute Gasteiger partial charge is 0.254 e. The lowest BCUT2D eigenvalue weighted by Crippen LogP contribution is -2.17. The highest BCUT2D eigenvalue weighted by atomic mass is 16.5. The maximum atomic E-state index is 12.4. The van der Waals surface area contributed by atoms with Gasteiger partial charge in [-0.05, 0) is 41.1 Å². The molecule has 5 nitrogen and oxygen atoms in total. The van der Waals surface area contributed by atoms with E-state index in [0.29, 0.717) is 11.3 Å². The van der Waals surface area contributed by atoms with E-state index in [4.69, 9.17) is 9.84 Å². The fourth-order valence-corrected chi connectivity index (χ4v) is 3.10. The van der Waals surface area contributed by atoms with Crippen molar-refractivity contribution in [1.29, 1.82) is 0 Å². The summed E-state index contributed by atoms with van der Waals surface area (Å²) in [6, 6.07) is 21.7. The Labute approximate surface area is 157 Å².